The van der Waals surface area contributed by atoms with Gasteiger partial charge >= 0.3 is 0 Å². The van der Waals surface area contributed by atoms with Crippen LogP contribution in [0.15, 0.2) is 72.4 Å². The number of carbonyl (C=O) groups excluding carboxylic acids is 1. The van der Waals surface area contributed by atoms with Crippen LogP contribution in [-0.2, 0) is 0 Å². The van der Waals surface area contributed by atoms with E-state index < -0.39 is 0 Å². The van der Waals surface area contributed by atoms with E-state index >= 15 is 0 Å². The highest BCUT2D eigenvalue weighted by Gasteiger charge is 2.28. The second-order valence-electron chi connectivity index (χ2n) is 9.43. The molecule has 5 heteroatoms. The summed E-state index contributed by atoms with van der Waals surface area (Å²) in [6, 6.07) is 17.4. The molecule has 0 unspecified atom stereocenters. The summed E-state index contributed by atoms with van der Waals surface area (Å²) >= 11 is 0. The zero-order valence-corrected chi connectivity index (χ0v) is 19.8. The van der Waals surface area contributed by atoms with Gasteiger partial charge in [0.15, 0.2) is 0 Å². The summed E-state index contributed by atoms with van der Waals surface area (Å²) in [4.78, 5) is 16.1. The fourth-order valence-corrected chi connectivity index (χ4v) is 4.41. The average Bonchev–Trinajstić information content (AvgIpc) is 3.25. The second kappa shape index (κ2) is 9.57. The zero-order valence-electron chi connectivity index (χ0n) is 19.8. The van der Waals surface area contributed by atoms with Crippen LogP contribution in [-0.4, -0.2) is 31.1 Å². The van der Waals surface area contributed by atoms with E-state index in [1.165, 1.54) is 11.3 Å². The third-order valence-corrected chi connectivity index (χ3v) is 6.35. The Bertz CT molecular complexity index is 1190. The van der Waals surface area contributed by atoms with E-state index in [-0.39, 0.29) is 5.91 Å². The van der Waals surface area contributed by atoms with Crippen molar-refractivity contribution in [3.05, 3.63) is 83.7 Å². The van der Waals surface area contributed by atoms with Gasteiger partial charge in [-0.2, -0.15) is 0 Å². The minimum absolute atomic E-state index is 0.107. The predicted octanol–water partition coefficient (Wildman–Crippen LogP) is 5.67. The molecule has 0 aliphatic heterocycles. The molecule has 2 aromatic carbocycles. The first-order valence-electron chi connectivity index (χ1n) is 11.5. The quantitative estimate of drug-likeness (QED) is 0.393. The number of H-pyrrole nitrogens is 1. The van der Waals surface area contributed by atoms with Crippen molar-refractivity contribution < 1.29 is 9.53 Å². The fraction of sp³-hybridized carbons (Fsp3) is 0.321. The standard InChI is InChI=1S/C28H33N3O2/c1-19(23-12-13-28(2,3)18-26(23)29-4)25-17-21-16-20(10-11-24(21)31-25)27(32)30-14-15-33-22-8-6-5-7-9-22/h5-11,16-17,29,31H,1,12-15,18H2,2-4H3,(H,30,32). The molecule has 33 heavy (non-hydrogen) atoms. The minimum atomic E-state index is -0.107. The first-order chi connectivity index (χ1) is 15.9. The summed E-state index contributed by atoms with van der Waals surface area (Å²) in [7, 11) is 1.99. The van der Waals surface area contributed by atoms with Crippen LogP contribution in [0.4, 0.5) is 0 Å². The number of aromatic amines is 1. The van der Waals surface area contributed by atoms with Crippen LogP contribution in [0.3, 0.4) is 0 Å². The van der Waals surface area contributed by atoms with E-state index in [1.807, 2.05) is 55.6 Å². The monoisotopic (exact) mass is 443 g/mol. The molecule has 0 fully saturated rings. The van der Waals surface area contributed by atoms with Crippen molar-refractivity contribution in [2.24, 2.45) is 5.41 Å². The smallest absolute Gasteiger partial charge is 0.251 e. The van der Waals surface area contributed by atoms with Crippen LogP contribution in [0.1, 0.15) is 49.2 Å². The minimum Gasteiger partial charge on any atom is -0.492 e. The van der Waals surface area contributed by atoms with Gasteiger partial charge in [-0.25, -0.2) is 0 Å². The number of allylic oxidation sites excluding steroid dienone is 3. The molecule has 0 atom stereocenters. The molecule has 172 valence electrons. The number of fused-ring (bicyclic) bond motifs is 1. The maximum absolute atomic E-state index is 12.6. The van der Waals surface area contributed by atoms with E-state index in [4.69, 9.17) is 4.74 Å². The van der Waals surface area contributed by atoms with E-state index in [1.54, 1.807) is 0 Å². The lowest BCUT2D eigenvalue weighted by Gasteiger charge is -2.33. The first-order valence-corrected chi connectivity index (χ1v) is 11.5. The summed E-state index contributed by atoms with van der Waals surface area (Å²) < 4.78 is 5.64. The van der Waals surface area contributed by atoms with E-state index in [0.717, 1.165) is 47.2 Å². The van der Waals surface area contributed by atoms with Crippen molar-refractivity contribution in [1.29, 1.82) is 0 Å². The summed E-state index contributed by atoms with van der Waals surface area (Å²) in [5.41, 5.74) is 6.52. The van der Waals surface area contributed by atoms with Crippen molar-refractivity contribution >= 4 is 22.4 Å². The molecule has 1 amide bonds. The number of hydrogen-bond acceptors (Lipinski definition) is 3. The number of rotatable bonds is 8. The van der Waals surface area contributed by atoms with Crippen molar-refractivity contribution in [2.45, 2.75) is 33.1 Å². The average molecular weight is 444 g/mol. The topological polar surface area (TPSA) is 66.2 Å². The van der Waals surface area contributed by atoms with Crippen molar-refractivity contribution in [1.82, 2.24) is 15.6 Å². The molecule has 1 heterocycles. The highest BCUT2D eigenvalue weighted by atomic mass is 16.5. The van der Waals surface area contributed by atoms with Gasteiger partial charge in [-0.1, -0.05) is 38.6 Å². The number of benzene rings is 2. The number of ether oxygens (including phenoxy) is 1. The number of para-hydroxylation sites is 1. The molecule has 0 saturated carbocycles. The maximum atomic E-state index is 12.6. The Balaban J connectivity index is 1.43. The lowest BCUT2D eigenvalue weighted by Crippen LogP contribution is -2.28. The second-order valence-corrected chi connectivity index (χ2v) is 9.43. The van der Waals surface area contributed by atoms with Gasteiger partial charge in [-0.05, 0) is 72.2 Å². The summed E-state index contributed by atoms with van der Waals surface area (Å²) in [6.07, 6.45) is 3.18. The molecule has 3 aromatic rings. The van der Waals surface area contributed by atoms with Crippen molar-refractivity contribution in [2.75, 3.05) is 20.2 Å². The number of hydrogen-bond donors (Lipinski definition) is 3. The Labute approximate surface area is 195 Å². The molecule has 4 rings (SSSR count). The largest absolute Gasteiger partial charge is 0.492 e. The Morgan fingerprint density at radius 2 is 1.94 bits per heavy atom. The van der Waals surface area contributed by atoms with Crippen LogP contribution < -0.4 is 15.4 Å². The number of aromatic nitrogens is 1. The Kier molecular flexibility index (Phi) is 6.59. The van der Waals surface area contributed by atoms with Gasteiger partial charge in [0, 0.05) is 34.9 Å². The van der Waals surface area contributed by atoms with Crippen LogP contribution in [0.25, 0.3) is 16.5 Å². The Morgan fingerprint density at radius 3 is 2.70 bits per heavy atom. The van der Waals surface area contributed by atoms with Gasteiger partial charge in [0.1, 0.15) is 12.4 Å². The van der Waals surface area contributed by atoms with Crippen molar-refractivity contribution in [3.63, 3.8) is 0 Å². The molecule has 5 nitrogen and oxygen atoms in total. The van der Waals surface area contributed by atoms with Crippen LogP contribution in [0, 0.1) is 5.41 Å². The van der Waals surface area contributed by atoms with Crippen LogP contribution >= 0.6 is 0 Å². The molecule has 1 aliphatic rings. The van der Waals surface area contributed by atoms with Gasteiger partial charge in [0.05, 0.1) is 6.54 Å². The highest BCUT2D eigenvalue weighted by molar-refractivity contribution is 5.99. The molecule has 3 N–H and O–H groups in total. The van der Waals surface area contributed by atoms with Gasteiger partial charge < -0.3 is 20.4 Å². The lowest BCUT2D eigenvalue weighted by molar-refractivity contribution is 0.0947. The molecule has 1 aromatic heterocycles. The summed E-state index contributed by atoms with van der Waals surface area (Å²) in [5, 5.41) is 7.33. The first kappa shape index (κ1) is 22.7. The zero-order chi connectivity index (χ0) is 23.4. The molecule has 1 aliphatic carbocycles. The molecular formula is C28H33N3O2. The third kappa shape index (κ3) is 5.30. The SMILES string of the molecule is C=C(C1=C(NC)CC(C)(C)CC1)c1cc2cc(C(=O)NCCOc3ccccc3)ccc2[nH]1. The van der Waals surface area contributed by atoms with E-state index in [2.05, 4.69) is 42.1 Å². The lowest BCUT2D eigenvalue weighted by atomic mass is 9.75. The predicted molar refractivity (Wildman–Crippen MR) is 135 cm³/mol. The molecule has 0 radical (unpaired) electrons. The number of nitrogens with one attached hydrogen (secondary N) is 3. The summed E-state index contributed by atoms with van der Waals surface area (Å²) in [6.45, 7) is 9.89. The maximum Gasteiger partial charge on any atom is 0.251 e. The fourth-order valence-electron chi connectivity index (χ4n) is 4.41. The number of carbonyl (C=O) groups is 1. The van der Waals surface area contributed by atoms with Gasteiger partial charge in [-0.15, -0.1) is 0 Å². The molecule has 0 bridgehead atoms. The van der Waals surface area contributed by atoms with Gasteiger partial charge in [0.25, 0.3) is 5.91 Å². The summed E-state index contributed by atoms with van der Waals surface area (Å²) in [5.74, 6) is 0.691. The van der Waals surface area contributed by atoms with Crippen LogP contribution in [0.2, 0.25) is 0 Å². The van der Waals surface area contributed by atoms with Crippen LogP contribution in [0.5, 0.6) is 5.75 Å². The Morgan fingerprint density at radius 1 is 1.15 bits per heavy atom. The van der Waals surface area contributed by atoms with E-state index in [9.17, 15) is 4.79 Å². The van der Waals surface area contributed by atoms with Gasteiger partial charge in [0.2, 0.25) is 0 Å². The van der Waals surface area contributed by atoms with Crippen molar-refractivity contribution in [3.8, 4) is 5.75 Å². The van der Waals surface area contributed by atoms with Gasteiger partial charge in [-0.3, -0.25) is 4.79 Å². The third-order valence-electron chi connectivity index (χ3n) is 6.35. The number of amides is 1. The highest BCUT2D eigenvalue weighted by Crippen LogP contribution is 2.41. The molecule has 0 saturated heterocycles. The normalized spacial score (nSPS) is 15.4. The molecule has 0 spiro atoms. The molecular weight excluding hydrogens is 410 g/mol. The Hall–Kier alpha value is -3.47. The van der Waals surface area contributed by atoms with E-state index in [0.29, 0.717) is 24.1 Å².